The Morgan fingerprint density at radius 2 is 1.78 bits per heavy atom. The highest BCUT2D eigenvalue weighted by molar-refractivity contribution is 5.93. The number of likely N-dealkylation sites (N-methyl/N-ethyl adjacent to an activating group) is 1. The molecule has 0 unspecified atom stereocenters. The zero-order valence-electron chi connectivity index (χ0n) is 16.3. The molecule has 0 aliphatic rings. The molecule has 0 radical (unpaired) electrons. The molecule has 0 atom stereocenters. The van der Waals surface area contributed by atoms with Crippen molar-refractivity contribution in [2.75, 3.05) is 26.0 Å². The number of hydrogen-bond donors (Lipinski definition) is 1. The Morgan fingerprint density at radius 1 is 1.15 bits per heavy atom. The molecule has 0 spiro atoms. The molecule has 0 heterocycles. The predicted octanol–water partition coefficient (Wildman–Crippen LogP) is 3.60. The summed E-state index contributed by atoms with van der Waals surface area (Å²) in [6.07, 6.45) is 0. The van der Waals surface area contributed by atoms with Gasteiger partial charge in [0, 0.05) is 24.4 Å². The van der Waals surface area contributed by atoms with Crippen LogP contribution in [0.3, 0.4) is 0 Å². The number of carbonyl (C=O) groups is 1. The minimum Gasteiger partial charge on any atom is -0.496 e. The standard InChI is InChI=1S/C20H25N3O4/c1-13-10-17(23(25)26)6-7-18(13)21-19(24)12-22(4)11-16-8-14(2)20(27-5)15(3)9-16/h6-10H,11-12H2,1-5H3,(H,21,24). The first kappa shape index (κ1) is 20.4. The highest BCUT2D eigenvalue weighted by Gasteiger charge is 2.13. The summed E-state index contributed by atoms with van der Waals surface area (Å²) in [5, 5.41) is 13.6. The number of amides is 1. The average Bonchev–Trinajstić information content (AvgIpc) is 2.56. The number of methoxy groups -OCH3 is 1. The third-order valence-corrected chi connectivity index (χ3v) is 4.29. The van der Waals surface area contributed by atoms with E-state index in [0.29, 0.717) is 17.8 Å². The van der Waals surface area contributed by atoms with Gasteiger partial charge in [0.05, 0.1) is 18.6 Å². The number of carbonyl (C=O) groups excluding carboxylic acids is 1. The van der Waals surface area contributed by atoms with Crippen LogP contribution < -0.4 is 10.1 Å². The van der Waals surface area contributed by atoms with Crippen molar-refractivity contribution in [3.63, 3.8) is 0 Å². The Bertz CT molecular complexity index is 841. The molecule has 0 saturated carbocycles. The van der Waals surface area contributed by atoms with E-state index in [9.17, 15) is 14.9 Å². The van der Waals surface area contributed by atoms with Gasteiger partial charge in [0.2, 0.25) is 5.91 Å². The lowest BCUT2D eigenvalue weighted by Crippen LogP contribution is -2.30. The molecule has 2 aromatic rings. The fourth-order valence-electron chi connectivity index (χ4n) is 3.16. The summed E-state index contributed by atoms with van der Waals surface area (Å²) in [5.74, 6) is 0.712. The van der Waals surface area contributed by atoms with Gasteiger partial charge in [-0.1, -0.05) is 12.1 Å². The molecule has 27 heavy (non-hydrogen) atoms. The molecule has 0 saturated heterocycles. The summed E-state index contributed by atoms with van der Waals surface area (Å²) in [4.78, 5) is 24.6. The van der Waals surface area contributed by atoms with Crippen molar-refractivity contribution in [3.8, 4) is 5.75 Å². The molecule has 2 aromatic carbocycles. The van der Waals surface area contributed by atoms with Gasteiger partial charge in [-0.15, -0.1) is 0 Å². The number of nitro groups is 1. The van der Waals surface area contributed by atoms with E-state index in [1.807, 2.05) is 25.8 Å². The molecule has 144 valence electrons. The van der Waals surface area contributed by atoms with E-state index < -0.39 is 4.92 Å². The number of rotatable bonds is 7. The van der Waals surface area contributed by atoms with Crippen LogP contribution in [-0.2, 0) is 11.3 Å². The maximum atomic E-state index is 12.3. The fraction of sp³-hybridized carbons (Fsp3) is 0.350. The molecule has 0 aliphatic carbocycles. The fourth-order valence-corrected chi connectivity index (χ4v) is 3.16. The van der Waals surface area contributed by atoms with Crippen molar-refractivity contribution in [2.24, 2.45) is 0 Å². The Morgan fingerprint density at radius 3 is 2.30 bits per heavy atom. The number of non-ortho nitro benzene ring substituents is 1. The number of anilines is 1. The number of nitro benzene ring substituents is 1. The Hall–Kier alpha value is -2.93. The summed E-state index contributed by atoms with van der Waals surface area (Å²) in [5.41, 5.74) is 4.47. The molecule has 7 heteroatoms. The largest absolute Gasteiger partial charge is 0.496 e. The Kier molecular flexibility index (Phi) is 6.52. The van der Waals surface area contributed by atoms with Crippen LogP contribution in [0.15, 0.2) is 30.3 Å². The maximum absolute atomic E-state index is 12.3. The van der Waals surface area contributed by atoms with Gasteiger partial charge in [-0.25, -0.2) is 0 Å². The van der Waals surface area contributed by atoms with Gasteiger partial charge in [0.15, 0.2) is 0 Å². The topological polar surface area (TPSA) is 84.7 Å². The van der Waals surface area contributed by atoms with E-state index in [2.05, 4.69) is 17.4 Å². The number of aryl methyl sites for hydroxylation is 3. The van der Waals surface area contributed by atoms with Crippen molar-refractivity contribution in [3.05, 3.63) is 62.7 Å². The zero-order chi connectivity index (χ0) is 20.1. The highest BCUT2D eigenvalue weighted by Crippen LogP contribution is 2.25. The number of hydrogen-bond acceptors (Lipinski definition) is 5. The number of nitrogens with zero attached hydrogens (tertiary/aromatic N) is 2. The lowest BCUT2D eigenvalue weighted by atomic mass is 10.1. The molecular formula is C20H25N3O4. The van der Waals surface area contributed by atoms with E-state index in [1.54, 1.807) is 20.1 Å². The van der Waals surface area contributed by atoms with E-state index in [0.717, 1.165) is 22.4 Å². The van der Waals surface area contributed by atoms with Crippen molar-refractivity contribution in [1.82, 2.24) is 4.90 Å². The van der Waals surface area contributed by atoms with E-state index >= 15 is 0 Å². The van der Waals surface area contributed by atoms with Crippen molar-refractivity contribution in [2.45, 2.75) is 27.3 Å². The van der Waals surface area contributed by atoms with Gasteiger partial charge in [-0.05, 0) is 56.1 Å². The van der Waals surface area contributed by atoms with Crippen molar-refractivity contribution >= 4 is 17.3 Å². The molecule has 0 fully saturated rings. The van der Waals surface area contributed by atoms with E-state index in [1.165, 1.54) is 12.1 Å². The van der Waals surface area contributed by atoms with Gasteiger partial charge in [-0.2, -0.15) is 0 Å². The minimum atomic E-state index is -0.453. The normalized spacial score (nSPS) is 10.7. The molecular weight excluding hydrogens is 346 g/mol. The van der Waals surface area contributed by atoms with Crippen LogP contribution in [-0.4, -0.2) is 36.4 Å². The zero-order valence-corrected chi connectivity index (χ0v) is 16.3. The first-order valence-electron chi connectivity index (χ1n) is 8.58. The molecule has 0 aromatic heterocycles. The molecule has 2 rings (SSSR count). The third-order valence-electron chi connectivity index (χ3n) is 4.29. The van der Waals surface area contributed by atoms with Gasteiger partial charge in [0.1, 0.15) is 5.75 Å². The van der Waals surface area contributed by atoms with Crippen LogP contribution in [0, 0.1) is 30.9 Å². The van der Waals surface area contributed by atoms with E-state index in [-0.39, 0.29) is 18.1 Å². The average molecular weight is 371 g/mol. The lowest BCUT2D eigenvalue weighted by Gasteiger charge is -2.18. The number of ether oxygens (including phenoxy) is 1. The summed E-state index contributed by atoms with van der Waals surface area (Å²) >= 11 is 0. The molecule has 1 N–H and O–H groups in total. The maximum Gasteiger partial charge on any atom is 0.269 e. The van der Waals surface area contributed by atoms with Gasteiger partial charge in [0.25, 0.3) is 5.69 Å². The monoisotopic (exact) mass is 371 g/mol. The quantitative estimate of drug-likeness (QED) is 0.594. The lowest BCUT2D eigenvalue weighted by molar-refractivity contribution is -0.384. The second kappa shape index (κ2) is 8.64. The summed E-state index contributed by atoms with van der Waals surface area (Å²) in [7, 11) is 3.53. The molecule has 0 bridgehead atoms. The summed E-state index contributed by atoms with van der Waals surface area (Å²) in [6, 6.07) is 8.50. The molecule has 7 nitrogen and oxygen atoms in total. The smallest absolute Gasteiger partial charge is 0.269 e. The van der Waals surface area contributed by atoms with Gasteiger partial charge < -0.3 is 10.1 Å². The molecule has 1 amide bonds. The third kappa shape index (κ3) is 5.27. The first-order chi connectivity index (χ1) is 12.7. The summed E-state index contributed by atoms with van der Waals surface area (Å²) in [6.45, 7) is 6.56. The Balaban J connectivity index is 1.99. The van der Waals surface area contributed by atoms with Gasteiger partial charge >= 0.3 is 0 Å². The van der Waals surface area contributed by atoms with Crippen LogP contribution in [0.1, 0.15) is 22.3 Å². The minimum absolute atomic E-state index is 0.00728. The SMILES string of the molecule is COc1c(C)cc(CN(C)CC(=O)Nc2ccc([N+](=O)[O-])cc2C)cc1C. The number of benzene rings is 2. The van der Waals surface area contributed by atoms with Crippen LogP contribution in [0.4, 0.5) is 11.4 Å². The van der Waals surface area contributed by atoms with Gasteiger partial charge in [-0.3, -0.25) is 19.8 Å². The number of nitrogens with one attached hydrogen (secondary N) is 1. The highest BCUT2D eigenvalue weighted by atomic mass is 16.6. The van der Waals surface area contributed by atoms with Crippen molar-refractivity contribution < 1.29 is 14.5 Å². The molecule has 0 aliphatic heterocycles. The first-order valence-corrected chi connectivity index (χ1v) is 8.58. The van der Waals surface area contributed by atoms with Crippen LogP contribution in [0.2, 0.25) is 0 Å². The van der Waals surface area contributed by atoms with Crippen LogP contribution >= 0.6 is 0 Å². The van der Waals surface area contributed by atoms with Crippen molar-refractivity contribution in [1.29, 1.82) is 0 Å². The second-order valence-corrected chi connectivity index (χ2v) is 6.74. The van der Waals surface area contributed by atoms with E-state index in [4.69, 9.17) is 4.74 Å². The van der Waals surface area contributed by atoms with Crippen LogP contribution in [0.5, 0.6) is 5.75 Å². The summed E-state index contributed by atoms with van der Waals surface area (Å²) < 4.78 is 5.38. The predicted molar refractivity (Wildman–Crippen MR) is 105 cm³/mol. The Labute approximate surface area is 159 Å². The second-order valence-electron chi connectivity index (χ2n) is 6.74. The van der Waals surface area contributed by atoms with Crippen LogP contribution in [0.25, 0.3) is 0 Å².